The van der Waals surface area contributed by atoms with E-state index in [0.29, 0.717) is 12.6 Å². The molecule has 0 fully saturated rings. The second kappa shape index (κ2) is 5.32. The van der Waals surface area contributed by atoms with E-state index in [4.69, 9.17) is 6.42 Å². The zero-order valence-corrected chi connectivity index (χ0v) is 8.75. The average molecular weight is 185 g/mol. The maximum absolute atomic E-state index is 5.26. The van der Waals surface area contributed by atoms with Gasteiger partial charge >= 0.3 is 0 Å². The van der Waals surface area contributed by atoms with E-state index in [1.54, 1.807) is 0 Å². The lowest BCUT2D eigenvalue weighted by Crippen LogP contribution is -2.31. The van der Waals surface area contributed by atoms with E-state index < -0.39 is 0 Å². The Bertz CT molecular complexity index is 297. The number of hydrogen-bond acceptors (Lipinski definition) is 1. The van der Waals surface area contributed by atoms with Crippen molar-refractivity contribution < 1.29 is 0 Å². The lowest BCUT2D eigenvalue weighted by atomic mass is 10.1. The zero-order chi connectivity index (χ0) is 10.4. The van der Waals surface area contributed by atoms with Crippen molar-refractivity contribution in [3.05, 3.63) is 35.9 Å². The summed E-state index contributed by atoms with van der Waals surface area (Å²) in [4.78, 5) is 2.16. The monoisotopic (exact) mass is 185 g/mol. The quantitative estimate of drug-likeness (QED) is 0.646. The summed E-state index contributed by atoms with van der Waals surface area (Å²) < 4.78 is 0. The predicted octanol–water partition coefficient (Wildman–Crippen LogP) is 1.78. The first kappa shape index (κ1) is 10.6. The van der Waals surface area contributed by atoms with Gasteiger partial charge in [-0.1, -0.05) is 18.1 Å². The molecule has 0 spiro atoms. The van der Waals surface area contributed by atoms with Crippen LogP contribution in [0.2, 0.25) is 0 Å². The summed E-state index contributed by atoms with van der Waals surface area (Å²) in [7, 11) is 2.04. The van der Waals surface area contributed by atoms with Crippen molar-refractivity contribution in [2.24, 2.45) is 0 Å². The van der Waals surface area contributed by atoms with E-state index in [1.165, 1.54) is 5.56 Å². The van der Waals surface area contributed by atoms with Crippen molar-refractivity contribution in [1.82, 2.24) is 4.90 Å². The molecule has 0 radical (unpaired) electrons. The fourth-order valence-corrected chi connectivity index (χ4v) is 1.30. The molecule has 0 aliphatic rings. The van der Waals surface area contributed by atoms with Crippen LogP contribution in [0.5, 0.6) is 0 Å². The Kier molecular flexibility index (Phi) is 4.05. The molecule has 0 aliphatic heterocycles. The first-order valence-electron chi connectivity index (χ1n) is 4.74. The second-order valence-corrected chi connectivity index (χ2v) is 3.51. The van der Waals surface area contributed by atoms with Crippen LogP contribution in [0.25, 0.3) is 0 Å². The lowest BCUT2D eigenvalue weighted by Gasteiger charge is -2.22. The molecule has 72 valence electrons. The minimum atomic E-state index is 0.460. The van der Waals surface area contributed by atoms with Crippen molar-refractivity contribution in [3.8, 4) is 12.3 Å². The molecule has 1 unspecified atom stereocenters. The molecule has 0 aromatic heterocycles. The van der Waals surface area contributed by atoms with Crippen molar-refractivity contribution in [2.75, 3.05) is 13.6 Å². The number of rotatable bonds is 4. The zero-order valence-electron chi connectivity index (χ0n) is 8.75. The number of nitrogens with zero attached hydrogens (tertiary/aromatic N) is 1. The highest BCUT2D eigenvalue weighted by molar-refractivity contribution is 5.11. The normalized spacial score (nSPS) is 11.9. The Balaban J connectivity index is 2.49. The minimum Gasteiger partial charge on any atom is -0.292 e. The van der Waals surface area contributed by atoms with Crippen LogP contribution in [0.4, 0.5) is 0 Å². The van der Waals surface area contributed by atoms with Gasteiger partial charge in [0, 0.05) is 6.04 Å². The molecule has 1 atom stereocenters. The predicted molar refractivity (Wildman–Crippen MR) is 58.7 cm³/mol. The Morgan fingerprint density at radius 1 is 1.57 bits per heavy atom. The third kappa shape index (κ3) is 3.13. The molecule has 0 N–H and O–H groups in total. The summed E-state index contributed by atoms with van der Waals surface area (Å²) in [6.07, 6.45) is 6.26. The molecule has 0 bridgehead atoms. The van der Waals surface area contributed by atoms with E-state index >= 15 is 0 Å². The summed E-state index contributed by atoms with van der Waals surface area (Å²) in [6.45, 7) is 2.87. The van der Waals surface area contributed by atoms with Crippen molar-refractivity contribution >= 4 is 0 Å². The Morgan fingerprint density at radius 3 is 2.93 bits per heavy atom. The largest absolute Gasteiger partial charge is 0.292 e. The van der Waals surface area contributed by atoms with Gasteiger partial charge in [0.1, 0.15) is 0 Å². The molecule has 1 aromatic rings. The molecule has 0 saturated heterocycles. The molecule has 0 saturated carbocycles. The van der Waals surface area contributed by atoms with Gasteiger partial charge in [0.05, 0.1) is 6.54 Å². The smallest absolute Gasteiger partial charge is 0.0598 e. The molecule has 0 aliphatic carbocycles. The van der Waals surface area contributed by atoms with Gasteiger partial charge in [-0.15, -0.1) is 6.42 Å². The topological polar surface area (TPSA) is 3.24 Å². The average Bonchev–Trinajstić information content (AvgIpc) is 2.19. The van der Waals surface area contributed by atoms with E-state index in [-0.39, 0.29) is 0 Å². The van der Waals surface area contributed by atoms with Gasteiger partial charge in [0.25, 0.3) is 0 Å². The van der Waals surface area contributed by atoms with Crippen molar-refractivity contribution in [1.29, 1.82) is 0 Å². The van der Waals surface area contributed by atoms with Crippen LogP contribution in [0.3, 0.4) is 0 Å². The number of likely N-dealkylation sites (N-methyl/N-ethyl adjacent to an activating group) is 1. The van der Waals surface area contributed by atoms with Crippen molar-refractivity contribution in [3.63, 3.8) is 0 Å². The maximum Gasteiger partial charge on any atom is 0.0598 e. The molecule has 1 nitrogen and oxygen atoms in total. The van der Waals surface area contributed by atoms with E-state index in [9.17, 15) is 0 Å². The molecule has 14 heavy (non-hydrogen) atoms. The molecule has 1 aromatic carbocycles. The number of terminal acetylenes is 1. The van der Waals surface area contributed by atoms with E-state index in [2.05, 4.69) is 35.9 Å². The lowest BCUT2D eigenvalue weighted by molar-refractivity contribution is 0.287. The first-order chi connectivity index (χ1) is 6.74. The molecule has 0 heterocycles. The van der Waals surface area contributed by atoms with Crippen LogP contribution in [0.15, 0.2) is 18.2 Å². The summed E-state index contributed by atoms with van der Waals surface area (Å²) >= 11 is 0. The number of hydrogen-bond donors (Lipinski definition) is 0. The summed E-state index contributed by atoms with van der Waals surface area (Å²) in [5, 5.41) is 0. The highest BCUT2D eigenvalue weighted by Gasteiger charge is 2.07. The first-order valence-corrected chi connectivity index (χ1v) is 4.74. The van der Waals surface area contributed by atoms with Gasteiger partial charge in [-0.05, 0) is 44.2 Å². The Labute approximate surface area is 86.7 Å². The van der Waals surface area contributed by atoms with Crippen LogP contribution >= 0.6 is 0 Å². The summed E-state index contributed by atoms with van der Waals surface area (Å²) in [5.74, 6) is 2.65. The Hall–Kier alpha value is -1.44. The standard InChI is InChI=1S/C13H15N/c1-4-10-14(3)12(2)11-13-8-6-5-7-9-13/h1,6,8-9,12H,10-11H2,2-3H3. The summed E-state index contributed by atoms with van der Waals surface area (Å²) in [5.41, 5.74) is 1.28. The van der Waals surface area contributed by atoms with Gasteiger partial charge in [-0.25, -0.2) is 0 Å². The molecular formula is C13H15N. The van der Waals surface area contributed by atoms with Crippen LogP contribution < -0.4 is 0 Å². The van der Waals surface area contributed by atoms with Crippen LogP contribution in [0.1, 0.15) is 12.5 Å². The maximum atomic E-state index is 5.26. The van der Waals surface area contributed by atoms with Gasteiger partial charge < -0.3 is 0 Å². The third-order valence-corrected chi connectivity index (χ3v) is 2.35. The van der Waals surface area contributed by atoms with Crippen molar-refractivity contribution in [2.45, 2.75) is 19.4 Å². The van der Waals surface area contributed by atoms with E-state index in [0.717, 1.165) is 6.42 Å². The SMILES string of the molecule is C#CCN(C)C(C)Cc1cc#ccc1. The van der Waals surface area contributed by atoms with Crippen LogP contribution in [-0.2, 0) is 6.42 Å². The molecule has 1 heteroatoms. The van der Waals surface area contributed by atoms with Crippen LogP contribution in [0, 0.1) is 24.5 Å². The second-order valence-electron chi connectivity index (χ2n) is 3.51. The summed E-state index contributed by atoms with van der Waals surface area (Å²) in [6, 6.07) is 12.2. The van der Waals surface area contributed by atoms with Gasteiger partial charge in [0.2, 0.25) is 0 Å². The minimum absolute atomic E-state index is 0.460. The third-order valence-electron chi connectivity index (χ3n) is 2.35. The highest BCUT2D eigenvalue weighted by Crippen LogP contribution is 2.05. The fourth-order valence-electron chi connectivity index (χ4n) is 1.30. The van der Waals surface area contributed by atoms with Gasteiger partial charge in [0.15, 0.2) is 0 Å². The van der Waals surface area contributed by atoms with Gasteiger partial charge in [-0.3, -0.25) is 4.90 Å². The molecular weight excluding hydrogens is 170 g/mol. The Morgan fingerprint density at radius 2 is 2.36 bits per heavy atom. The molecule has 1 rings (SSSR count). The van der Waals surface area contributed by atoms with Crippen LogP contribution in [-0.4, -0.2) is 24.5 Å². The fraction of sp³-hybridized carbons (Fsp3) is 0.385. The van der Waals surface area contributed by atoms with Gasteiger partial charge in [-0.2, -0.15) is 0 Å². The highest BCUT2D eigenvalue weighted by atomic mass is 15.1. The van der Waals surface area contributed by atoms with E-state index in [1.807, 2.05) is 19.2 Å². The molecule has 0 amide bonds.